The van der Waals surface area contributed by atoms with E-state index in [1.165, 1.54) is 49.7 Å². The molecule has 0 aromatic heterocycles. The highest BCUT2D eigenvalue weighted by Crippen LogP contribution is 2.26. The van der Waals surface area contributed by atoms with Crippen molar-refractivity contribution in [1.29, 1.82) is 0 Å². The van der Waals surface area contributed by atoms with Crippen LogP contribution in [0.2, 0.25) is 0 Å². The molecule has 0 N–H and O–H groups in total. The van der Waals surface area contributed by atoms with Crippen molar-refractivity contribution in [3.05, 3.63) is 29.3 Å². The average Bonchev–Trinajstić information content (AvgIpc) is 2.51. The fourth-order valence-corrected chi connectivity index (χ4v) is 2.55. The van der Waals surface area contributed by atoms with Crippen LogP contribution in [0, 0.1) is 0 Å². The van der Waals surface area contributed by atoms with Crippen LogP contribution in [-0.2, 0) is 27.8 Å². The van der Waals surface area contributed by atoms with E-state index in [0.717, 1.165) is 18.6 Å². The highest BCUT2D eigenvalue weighted by molar-refractivity contribution is 5.40. The van der Waals surface area contributed by atoms with E-state index in [1.54, 1.807) is 0 Å². The molecule has 0 unspecified atom stereocenters. The lowest BCUT2D eigenvalue weighted by Gasteiger charge is -2.11. The second-order valence-corrected chi connectivity index (χ2v) is 5.20. The lowest BCUT2D eigenvalue weighted by molar-refractivity contribution is -0.606. The van der Waals surface area contributed by atoms with Crippen molar-refractivity contribution in [2.45, 2.75) is 58.3 Å². The van der Waals surface area contributed by atoms with E-state index in [0.29, 0.717) is 6.61 Å². The minimum Gasteiger partial charge on any atom is -0.306 e. The zero-order chi connectivity index (χ0) is 14.0. The van der Waals surface area contributed by atoms with Crippen molar-refractivity contribution >= 4 is 0 Å². The molecule has 1 heterocycles. The molecular formula is C16H24O4. The topological polar surface area (TPSA) is 36.9 Å². The minimum absolute atomic E-state index is 0.469. The minimum atomic E-state index is 0.469. The summed E-state index contributed by atoms with van der Waals surface area (Å²) >= 11 is 0. The largest absolute Gasteiger partial charge is 0.306 e. The first-order valence-corrected chi connectivity index (χ1v) is 7.65. The number of fused-ring (bicyclic) bond motifs is 2. The Kier molecular flexibility index (Phi) is 6.84. The van der Waals surface area contributed by atoms with Crippen LogP contribution in [0.4, 0.5) is 0 Å². The van der Waals surface area contributed by atoms with E-state index in [9.17, 15) is 0 Å². The maximum atomic E-state index is 5.15. The first-order chi connectivity index (χ1) is 9.92. The number of rotatable bonds is 7. The van der Waals surface area contributed by atoms with E-state index in [-0.39, 0.29) is 0 Å². The van der Waals surface area contributed by atoms with E-state index in [1.807, 2.05) is 12.1 Å². The van der Waals surface area contributed by atoms with Crippen LogP contribution in [0.3, 0.4) is 0 Å². The molecule has 0 atom stereocenters. The van der Waals surface area contributed by atoms with Gasteiger partial charge in [-0.3, -0.25) is 0 Å². The van der Waals surface area contributed by atoms with Gasteiger partial charge in [-0.1, -0.05) is 51.2 Å². The smallest absolute Gasteiger partial charge is 0.172 e. The number of hydrogen-bond acceptors (Lipinski definition) is 4. The highest BCUT2D eigenvalue weighted by atomic mass is 17.7. The lowest BCUT2D eigenvalue weighted by atomic mass is 9.98. The summed E-state index contributed by atoms with van der Waals surface area (Å²) < 4.78 is 0. The second kappa shape index (κ2) is 8.95. The van der Waals surface area contributed by atoms with Gasteiger partial charge in [-0.2, -0.15) is 0 Å². The molecule has 20 heavy (non-hydrogen) atoms. The van der Waals surface area contributed by atoms with E-state index in [2.05, 4.69) is 23.1 Å². The summed E-state index contributed by atoms with van der Waals surface area (Å²) in [6.45, 7) is 2.71. The van der Waals surface area contributed by atoms with Gasteiger partial charge in [0, 0.05) is 10.6 Å². The monoisotopic (exact) mass is 280 g/mol. The van der Waals surface area contributed by atoms with E-state index in [4.69, 9.17) is 9.78 Å². The molecule has 0 saturated heterocycles. The van der Waals surface area contributed by atoms with Crippen molar-refractivity contribution in [3.8, 4) is 5.75 Å². The summed E-state index contributed by atoms with van der Waals surface area (Å²) in [4.78, 5) is 9.99. The maximum Gasteiger partial charge on any atom is 0.172 e. The van der Waals surface area contributed by atoms with Gasteiger partial charge in [-0.15, -0.1) is 0 Å². The third-order valence-corrected chi connectivity index (χ3v) is 3.66. The summed E-state index contributed by atoms with van der Waals surface area (Å²) in [5.74, 6) is 0.738. The van der Waals surface area contributed by atoms with Gasteiger partial charge < -0.3 is 4.89 Å². The fourth-order valence-electron chi connectivity index (χ4n) is 2.55. The molecule has 4 nitrogen and oxygen atoms in total. The SMILES string of the molecule is CCCCCCCCc1c2cccc1OOOOCC2. The molecule has 0 amide bonds. The molecule has 0 spiro atoms. The van der Waals surface area contributed by atoms with Gasteiger partial charge in [0.15, 0.2) is 5.75 Å². The first-order valence-electron chi connectivity index (χ1n) is 7.65. The van der Waals surface area contributed by atoms with Crippen LogP contribution < -0.4 is 4.89 Å². The van der Waals surface area contributed by atoms with Gasteiger partial charge in [-0.25, -0.2) is 4.89 Å². The van der Waals surface area contributed by atoms with Crippen molar-refractivity contribution in [2.75, 3.05) is 6.61 Å². The Balaban J connectivity index is 1.89. The molecule has 4 heteroatoms. The summed E-state index contributed by atoms with van der Waals surface area (Å²) in [7, 11) is 0. The summed E-state index contributed by atoms with van der Waals surface area (Å²) in [5, 5.41) is 9.03. The van der Waals surface area contributed by atoms with Gasteiger partial charge in [-0.05, 0) is 35.9 Å². The molecule has 1 aliphatic heterocycles. The number of benzene rings is 1. The van der Waals surface area contributed by atoms with Crippen LogP contribution in [0.5, 0.6) is 5.75 Å². The van der Waals surface area contributed by atoms with Crippen molar-refractivity contribution in [3.63, 3.8) is 0 Å². The number of unbranched alkanes of at least 4 members (excludes halogenated alkanes) is 5. The predicted octanol–water partition coefficient (Wildman–Crippen LogP) is 4.32. The number of hydrogen-bond donors (Lipinski definition) is 0. The van der Waals surface area contributed by atoms with Crippen molar-refractivity contribution < 1.29 is 19.9 Å². The Morgan fingerprint density at radius 3 is 2.75 bits per heavy atom. The predicted molar refractivity (Wildman–Crippen MR) is 76.0 cm³/mol. The van der Waals surface area contributed by atoms with E-state index < -0.39 is 0 Å². The lowest BCUT2D eigenvalue weighted by Crippen LogP contribution is -2.00. The molecular weight excluding hydrogens is 256 g/mol. The third kappa shape index (κ3) is 4.78. The zero-order valence-corrected chi connectivity index (χ0v) is 12.2. The molecule has 2 bridgehead atoms. The molecule has 0 aliphatic carbocycles. The Morgan fingerprint density at radius 1 is 1.00 bits per heavy atom. The normalized spacial score (nSPS) is 15.1. The third-order valence-electron chi connectivity index (χ3n) is 3.66. The Morgan fingerprint density at radius 2 is 1.85 bits per heavy atom. The van der Waals surface area contributed by atoms with Crippen LogP contribution in [0.15, 0.2) is 18.2 Å². The standard InChI is InChI=1S/C16H24O4/c1-2-3-4-5-6-7-10-15-14-9-8-11-16(15)18-20-19-17-13-12-14/h8-9,11H,2-7,10,12-13H2,1H3. The average molecular weight is 280 g/mol. The van der Waals surface area contributed by atoms with Crippen molar-refractivity contribution in [1.82, 2.24) is 0 Å². The summed E-state index contributed by atoms with van der Waals surface area (Å²) in [6, 6.07) is 6.00. The molecule has 1 aliphatic rings. The fraction of sp³-hybridized carbons (Fsp3) is 0.625. The van der Waals surface area contributed by atoms with Crippen LogP contribution in [0.25, 0.3) is 0 Å². The van der Waals surface area contributed by atoms with Crippen LogP contribution in [-0.4, -0.2) is 6.61 Å². The van der Waals surface area contributed by atoms with Gasteiger partial charge in [0.1, 0.15) is 0 Å². The van der Waals surface area contributed by atoms with Gasteiger partial charge in [0.25, 0.3) is 0 Å². The van der Waals surface area contributed by atoms with E-state index >= 15 is 0 Å². The molecule has 1 aromatic rings. The summed E-state index contributed by atoms with van der Waals surface area (Å²) in [5.41, 5.74) is 2.47. The summed E-state index contributed by atoms with van der Waals surface area (Å²) in [6.07, 6.45) is 9.56. The maximum absolute atomic E-state index is 5.15. The first kappa shape index (κ1) is 15.3. The van der Waals surface area contributed by atoms with Crippen LogP contribution in [0.1, 0.15) is 56.6 Å². The Bertz CT molecular complexity index is 366. The molecule has 0 fully saturated rings. The van der Waals surface area contributed by atoms with Crippen molar-refractivity contribution in [2.24, 2.45) is 0 Å². The second-order valence-electron chi connectivity index (χ2n) is 5.20. The van der Waals surface area contributed by atoms with Gasteiger partial charge >= 0.3 is 0 Å². The van der Waals surface area contributed by atoms with Crippen LogP contribution >= 0.6 is 0 Å². The Labute approximate surface area is 120 Å². The molecule has 112 valence electrons. The quantitative estimate of drug-likeness (QED) is 0.550. The molecule has 1 aromatic carbocycles. The molecule has 0 saturated carbocycles. The van der Waals surface area contributed by atoms with Gasteiger partial charge in [0.2, 0.25) is 0 Å². The molecule has 0 radical (unpaired) electrons. The Hall–Kier alpha value is -1.10. The highest BCUT2D eigenvalue weighted by Gasteiger charge is 2.13. The van der Waals surface area contributed by atoms with Gasteiger partial charge in [0.05, 0.1) is 6.61 Å². The molecule has 2 rings (SSSR count). The zero-order valence-electron chi connectivity index (χ0n) is 12.2.